The lowest BCUT2D eigenvalue weighted by atomic mass is 9.84. The molecule has 1 aromatic carbocycles. The molecule has 1 saturated heterocycles. The summed E-state index contributed by atoms with van der Waals surface area (Å²) in [4.78, 5) is 24.2. The van der Waals surface area contributed by atoms with Gasteiger partial charge in [0, 0.05) is 14.2 Å². The third kappa shape index (κ3) is 1.90. The molecular formula is C18H15Cl4NO5. The summed E-state index contributed by atoms with van der Waals surface area (Å²) < 4.78 is 16.2. The van der Waals surface area contributed by atoms with Crippen molar-refractivity contribution < 1.29 is 23.8 Å². The summed E-state index contributed by atoms with van der Waals surface area (Å²) in [5.74, 6) is -4.55. The van der Waals surface area contributed by atoms with Gasteiger partial charge in [0.05, 0.1) is 34.7 Å². The second kappa shape index (κ2) is 6.24. The number of imide groups is 1. The predicted molar refractivity (Wildman–Crippen MR) is 105 cm³/mol. The highest BCUT2D eigenvalue weighted by atomic mass is 35.5. The van der Waals surface area contributed by atoms with Gasteiger partial charge in [-0.25, -0.2) is 4.90 Å². The van der Waals surface area contributed by atoms with Crippen LogP contribution in [0.25, 0.3) is 0 Å². The van der Waals surface area contributed by atoms with Crippen molar-refractivity contribution in [3.8, 4) is 5.75 Å². The van der Waals surface area contributed by atoms with Crippen molar-refractivity contribution in [1.29, 1.82) is 0 Å². The van der Waals surface area contributed by atoms with Crippen LogP contribution in [0.15, 0.2) is 34.3 Å². The van der Waals surface area contributed by atoms with Crippen molar-refractivity contribution in [1.82, 2.24) is 0 Å². The Bertz CT molecular complexity index is 869. The molecule has 6 nitrogen and oxygen atoms in total. The van der Waals surface area contributed by atoms with Crippen LogP contribution < -0.4 is 9.64 Å². The molecule has 4 atom stereocenters. The Morgan fingerprint density at radius 3 is 1.64 bits per heavy atom. The molecule has 3 aliphatic rings. The van der Waals surface area contributed by atoms with Crippen LogP contribution in [0.5, 0.6) is 5.75 Å². The standard InChI is InChI=1S/C18H15Cl4NO5/c1-26-9-6-4-8(5-7-9)23-14(24)10-11(15(23)25)17(22)13(20)12(19)16(10,21)18(17,27-2)28-3/h4-7,10-11H,1-3H3/t10-,11+,16-,17+. The quantitative estimate of drug-likeness (QED) is 0.386. The fourth-order valence-electron chi connectivity index (χ4n) is 4.69. The van der Waals surface area contributed by atoms with Gasteiger partial charge in [0.25, 0.3) is 0 Å². The number of halogens is 4. The van der Waals surface area contributed by atoms with Crippen LogP contribution in [0, 0.1) is 11.8 Å². The van der Waals surface area contributed by atoms with Crippen LogP contribution in [0.3, 0.4) is 0 Å². The molecule has 4 rings (SSSR count). The van der Waals surface area contributed by atoms with Crippen LogP contribution in [0.4, 0.5) is 5.69 Å². The van der Waals surface area contributed by atoms with E-state index in [4.69, 9.17) is 60.6 Å². The number of carbonyl (C=O) groups is 2. The third-order valence-electron chi connectivity index (χ3n) is 5.86. The zero-order chi connectivity index (χ0) is 20.6. The van der Waals surface area contributed by atoms with Gasteiger partial charge in [-0.3, -0.25) is 9.59 Å². The van der Waals surface area contributed by atoms with Gasteiger partial charge in [-0.2, -0.15) is 0 Å². The number of carbonyl (C=O) groups excluding carboxylic acids is 2. The van der Waals surface area contributed by atoms with E-state index < -0.39 is 39.2 Å². The summed E-state index contributed by atoms with van der Waals surface area (Å²) in [6, 6.07) is 6.46. The third-order valence-corrected chi connectivity index (χ3v) is 8.47. The minimum Gasteiger partial charge on any atom is -0.497 e. The molecule has 1 saturated carbocycles. The SMILES string of the molecule is COc1ccc(N2C(=O)[C@@H]3[C@H](C2=O)[C@@]2(Cl)C(Cl)=C(Cl)[C@]3(Cl)C2(OC)OC)cc1. The first-order chi connectivity index (χ1) is 13.2. The maximum absolute atomic E-state index is 13.4. The first-order valence-electron chi connectivity index (χ1n) is 8.23. The number of alkyl halides is 2. The number of fused-ring (bicyclic) bond motifs is 5. The lowest BCUT2D eigenvalue weighted by Gasteiger charge is -2.42. The second-order valence-electron chi connectivity index (χ2n) is 6.74. The number of nitrogens with zero attached hydrogens (tertiary/aromatic N) is 1. The molecule has 150 valence electrons. The molecule has 2 aliphatic carbocycles. The monoisotopic (exact) mass is 465 g/mol. The molecule has 10 heteroatoms. The number of benzene rings is 1. The van der Waals surface area contributed by atoms with E-state index in [0.717, 1.165) is 4.90 Å². The first kappa shape index (κ1) is 20.3. The Morgan fingerprint density at radius 1 is 0.857 bits per heavy atom. The van der Waals surface area contributed by atoms with Crippen LogP contribution in [-0.2, 0) is 19.1 Å². The molecule has 0 unspecified atom stereocenters. The highest BCUT2D eigenvalue weighted by Crippen LogP contribution is 2.75. The Balaban J connectivity index is 1.88. The van der Waals surface area contributed by atoms with E-state index in [1.54, 1.807) is 24.3 Å². The minimum atomic E-state index is -1.79. The van der Waals surface area contributed by atoms with E-state index in [1.807, 2.05) is 0 Å². The molecule has 1 heterocycles. The van der Waals surface area contributed by atoms with Crippen LogP contribution >= 0.6 is 46.4 Å². The van der Waals surface area contributed by atoms with E-state index in [1.165, 1.54) is 21.3 Å². The van der Waals surface area contributed by atoms with Gasteiger partial charge in [-0.05, 0) is 24.3 Å². The summed E-state index contributed by atoms with van der Waals surface area (Å²) >= 11 is 26.6. The zero-order valence-electron chi connectivity index (χ0n) is 15.0. The van der Waals surface area contributed by atoms with E-state index >= 15 is 0 Å². The zero-order valence-corrected chi connectivity index (χ0v) is 18.0. The van der Waals surface area contributed by atoms with Gasteiger partial charge in [0.1, 0.15) is 15.5 Å². The summed E-state index contributed by atoms with van der Waals surface area (Å²) in [5.41, 5.74) is 0.359. The smallest absolute Gasteiger partial charge is 0.240 e. The van der Waals surface area contributed by atoms with Crippen molar-refractivity contribution in [3.05, 3.63) is 34.3 Å². The average molecular weight is 467 g/mol. The van der Waals surface area contributed by atoms with Crippen molar-refractivity contribution >= 4 is 63.9 Å². The van der Waals surface area contributed by atoms with Gasteiger partial charge in [0.15, 0.2) is 0 Å². The Kier molecular flexibility index (Phi) is 4.51. The predicted octanol–water partition coefficient (Wildman–Crippen LogP) is 3.46. The Hall–Kier alpha value is -1.02. The maximum atomic E-state index is 13.4. The number of hydrogen-bond acceptors (Lipinski definition) is 5. The van der Waals surface area contributed by atoms with Gasteiger partial charge in [-0.1, -0.05) is 23.2 Å². The summed E-state index contributed by atoms with van der Waals surface area (Å²) in [6.45, 7) is 0. The Morgan fingerprint density at radius 2 is 1.29 bits per heavy atom. The first-order valence-corrected chi connectivity index (χ1v) is 9.74. The second-order valence-corrected chi connectivity index (χ2v) is 8.69. The molecule has 0 aromatic heterocycles. The highest BCUT2D eigenvalue weighted by molar-refractivity contribution is 6.54. The van der Waals surface area contributed by atoms with Crippen LogP contribution in [0.2, 0.25) is 0 Å². The van der Waals surface area contributed by atoms with E-state index in [-0.39, 0.29) is 10.1 Å². The summed E-state index contributed by atoms with van der Waals surface area (Å²) in [6.07, 6.45) is 0. The van der Waals surface area contributed by atoms with Gasteiger partial charge < -0.3 is 14.2 Å². The van der Waals surface area contributed by atoms with E-state index in [0.29, 0.717) is 11.4 Å². The van der Waals surface area contributed by atoms with Crippen molar-refractivity contribution in [2.75, 3.05) is 26.2 Å². The van der Waals surface area contributed by atoms with Crippen molar-refractivity contribution in [2.24, 2.45) is 11.8 Å². The van der Waals surface area contributed by atoms with Crippen molar-refractivity contribution in [2.45, 2.75) is 15.5 Å². The molecule has 0 spiro atoms. The van der Waals surface area contributed by atoms with Gasteiger partial charge in [0.2, 0.25) is 17.6 Å². The molecule has 28 heavy (non-hydrogen) atoms. The number of rotatable bonds is 4. The number of ether oxygens (including phenoxy) is 3. The maximum Gasteiger partial charge on any atom is 0.240 e. The fourth-order valence-corrected chi connectivity index (χ4v) is 6.85. The van der Waals surface area contributed by atoms with Crippen molar-refractivity contribution in [3.63, 3.8) is 0 Å². The molecule has 1 aromatic rings. The highest BCUT2D eigenvalue weighted by Gasteiger charge is 2.89. The number of methoxy groups -OCH3 is 3. The number of hydrogen-bond donors (Lipinski definition) is 0. The number of amides is 2. The molecule has 2 fully saturated rings. The minimum absolute atomic E-state index is 0.0616. The molecule has 0 N–H and O–H groups in total. The van der Waals surface area contributed by atoms with Crippen LogP contribution in [-0.4, -0.2) is 48.7 Å². The molecule has 1 aliphatic heterocycles. The summed E-state index contributed by atoms with van der Waals surface area (Å²) in [7, 11) is 4.14. The molecule has 2 bridgehead atoms. The molecule has 0 radical (unpaired) electrons. The fraction of sp³-hybridized carbons (Fsp3) is 0.444. The van der Waals surface area contributed by atoms with E-state index in [2.05, 4.69) is 0 Å². The van der Waals surface area contributed by atoms with Gasteiger partial charge in [-0.15, -0.1) is 23.2 Å². The van der Waals surface area contributed by atoms with Gasteiger partial charge >= 0.3 is 0 Å². The lowest BCUT2D eigenvalue weighted by Crippen LogP contribution is -2.60. The molecule has 2 amide bonds. The van der Waals surface area contributed by atoms with E-state index in [9.17, 15) is 9.59 Å². The topological polar surface area (TPSA) is 65.1 Å². The molecular weight excluding hydrogens is 452 g/mol. The summed E-state index contributed by atoms with van der Waals surface area (Å²) in [5, 5.41) is -0.123. The Labute approximate surface area is 181 Å². The normalized spacial score (nSPS) is 35.8. The largest absolute Gasteiger partial charge is 0.497 e. The lowest BCUT2D eigenvalue weighted by molar-refractivity contribution is -0.221. The average Bonchev–Trinajstić information content (AvgIpc) is 3.12. The number of anilines is 1. The van der Waals surface area contributed by atoms with Crippen LogP contribution in [0.1, 0.15) is 0 Å².